The van der Waals surface area contributed by atoms with Gasteiger partial charge in [-0.15, -0.1) is 11.3 Å². The van der Waals surface area contributed by atoms with Gasteiger partial charge in [0.1, 0.15) is 4.21 Å². The zero-order chi connectivity index (χ0) is 19.6. The van der Waals surface area contributed by atoms with Crippen LogP contribution in [-0.4, -0.2) is 37.6 Å². The first-order chi connectivity index (χ1) is 12.8. The second kappa shape index (κ2) is 7.79. The monoisotopic (exact) mass is 407 g/mol. The average molecular weight is 408 g/mol. The number of carbonyl (C=O) groups excluding carboxylic acids is 2. The molecule has 0 saturated carbocycles. The molecule has 27 heavy (non-hydrogen) atoms. The van der Waals surface area contributed by atoms with Gasteiger partial charge in [0.15, 0.2) is 0 Å². The normalized spacial score (nSPS) is 18.2. The predicted molar refractivity (Wildman–Crippen MR) is 104 cm³/mol. The minimum absolute atomic E-state index is 0.115. The minimum Gasteiger partial charge on any atom is -0.366 e. The van der Waals surface area contributed by atoms with Gasteiger partial charge in [0, 0.05) is 18.0 Å². The van der Waals surface area contributed by atoms with E-state index in [4.69, 9.17) is 5.73 Å². The van der Waals surface area contributed by atoms with Crippen LogP contribution in [0.3, 0.4) is 0 Å². The number of carbonyl (C=O) groups is 2. The largest absolute Gasteiger partial charge is 0.366 e. The highest BCUT2D eigenvalue weighted by Gasteiger charge is 2.34. The second-order valence-electron chi connectivity index (χ2n) is 6.47. The summed E-state index contributed by atoms with van der Waals surface area (Å²) in [4.78, 5) is 25.1. The summed E-state index contributed by atoms with van der Waals surface area (Å²) in [6.07, 6.45) is 1.18. The molecule has 1 aromatic heterocycles. The summed E-state index contributed by atoms with van der Waals surface area (Å²) in [5, 5.41) is 2.72. The van der Waals surface area contributed by atoms with Gasteiger partial charge in [0.2, 0.25) is 5.91 Å². The Morgan fingerprint density at radius 2 is 1.96 bits per heavy atom. The Balaban J connectivity index is 1.75. The van der Waals surface area contributed by atoms with Crippen molar-refractivity contribution in [2.75, 3.05) is 18.4 Å². The molecule has 1 atom stereocenters. The van der Waals surface area contributed by atoms with Crippen LogP contribution in [0, 0.1) is 12.8 Å². The number of nitrogens with zero attached hydrogens (tertiary/aromatic N) is 1. The topological polar surface area (TPSA) is 110 Å². The number of thiophene rings is 1. The Morgan fingerprint density at radius 1 is 1.22 bits per heavy atom. The van der Waals surface area contributed by atoms with E-state index in [1.807, 2.05) is 6.92 Å². The van der Waals surface area contributed by atoms with Crippen LogP contribution in [0.1, 0.15) is 28.1 Å². The number of primary amides is 1. The van der Waals surface area contributed by atoms with Crippen LogP contribution < -0.4 is 11.1 Å². The number of hydrogen-bond acceptors (Lipinski definition) is 5. The molecule has 3 rings (SSSR count). The molecule has 0 radical (unpaired) electrons. The summed E-state index contributed by atoms with van der Waals surface area (Å²) in [5.74, 6) is -1.44. The average Bonchev–Trinajstić information content (AvgIpc) is 3.09. The number of para-hydroxylation sites is 1. The van der Waals surface area contributed by atoms with Crippen molar-refractivity contribution in [3.63, 3.8) is 0 Å². The number of anilines is 1. The maximum Gasteiger partial charge on any atom is 0.252 e. The van der Waals surface area contributed by atoms with Crippen LogP contribution >= 0.6 is 11.3 Å². The maximum absolute atomic E-state index is 12.8. The molecule has 1 aliphatic heterocycles. The zero-order valence-corrected chi connectivity index (χ0v) is 16.5. The molecular formula is C18H21N3O4S2. The van der Waals surface area contributed by atoms with Gasteiger partial charge in [-0.25, -0.2) is 8.42 Å². The molecule has 7 nitrogen and oxygen atoms in total. The quantitative estimate of drug-likeness (QED) is 0.792. The fraction of sp³-hybridized carbons (Fsp3) is 0.333. The number of rotatable bonds is 5. The number of benzene rings is 1. The summed E-state index contributed by atoms with van der Waals surface area (Å²) >= 11 is 1.22. The van der Waals surface area contributed by atoms with Gasteiger partial charge in [0.05, 0.1) is 17.2 Å². The summed E-state index contributed by atoms with van der Waals surface area (Å²) in [6, 6.07) is 9.86. The van der Waals surface area contributed by atoms with Crippen molar-refractivity contribution in [3.8, 4) is 0 Å². The fourth-order valence-electron chi connectivity index (χ4n) is 3.09. The number of hydrogen-bond donors (Lipinski definition) is 2. The van der Waals surface area contributed by atoms with Crippen molar-refractivity contribution in [2.24, 2.45) is 11.7 Å². The van der Waals surface area contributed by atoms with E-state index in [1.165, 1.54) is 21.7 Å². The second-order valence-corrected chi connectivity index (χ2v) is 9.92. The molecule has 3 N–H and O–H groups in total. The van der Waals surface area contributed by atoms with Crippen LogP contribution in [0.4, 0.5) is 5.69 Å². The van der Waals surface area contributed by atoms with Crippen molar-refractivity contribution in [1.82, 2.24) is 4.31 Å². The highest BCUT2D eigenvalue weighted by Crippen LogP contribution is 2.29. The molecule has 2 amide bonds. The van der Waals surface area contributed by atoms with Crippen LogP contribution in [0.15, 0.2) is 40.6 Å². The van der Waals surface area contributed by atoms with Gasteiger partial charge in [-0.3, -0.25) is 9.59 Å². The Morgan fingerprint density at radius 3 is 2.63 bits per heavy atom. The zero-order valence-electron chi connectivity index (χ0n) is 14.8. The first-order valence-electron chi connectivity index (χ1n) is 8.55. The summed E-state index contributed by atoms with van der Waals surface area (Å²) in [5.41, 5.74) is 5.90. The van der Waals surface area contributed by atoms with Crippen molar-refractivity contribution >= 4 is 38.9 Å². The number of nitrogens with two attached hydrogens (primary N) is 1. The van der Waals surface area contributed by atoms with Gasteiger partial charge >= 0.3 is 0 Å². The summed E-state index contributed by atoms with van der Waals surface area (Å²) in [7, 11) is -3.60. The van der Waals surface area contributed by atoms with E-state index in [1.54, 1.807) is 30.3 Å². The maximum atomic E-state index is 12.8. The Labute approximate surface area is 162 Å². The molecule has 2 aromatic rings. The smallest absolute Gasteiger partial charge is 0.252 e. The number of amides is 2. The lowest BCUT2D eigenvalue weighted by atomic mass is 9.98. The number of nitrogens with one attached hydrogen (secondary N) is 1. The number of sulfonamides is 1. The third-order valence-corrected chi connectivity index (χ3v) is 7.85. The first-order valence-corrected chi connectivity index (χ1v) is 10.8. The van der Waals surface area contributed by atoms with Crippen LogP contribution in [0.5, 0.6) is 0 Å². The molecular weight excluding hydrogens is 386 g/mol. The third-order valence-electron chi connectivity index (χ3n) is 4.52. The highest BCUT2D eigenvalue weighted by atomic mass is 32.2. The van der Waals surface area contributed by atoms with Crippen molar-refractivity contribution < 1.29 is 18.0 Å². The number of piperidine rings is 1. The molecule has 0 spiro atoms. The molecule has 0 bridgehead atoms. The molecule has 1 fully saturated rings. The van der Waals surface area contributed by atoms with E-state index in [9.17, 15) is 18.0 Å². The molecule has 1 saturated heterocycles. The summed E-state index contributed by atoms with van der Waals surface area (Å²) in [6.45, 7) is 2.36. The SMILES string of the molecule is Cc1ccc(S(=O)(=O)N2CCCC(C(=O)Nc3ccccc3C(N)=O)C2)s1. The third kappa shape index (κ3) is 4.20. The van der Waals surface area contributed by atoms with E-state index in [0.29, 0.717) is 29.3 Å². The van der Waals surface area contributed by atoms with E-state index in [2.05, 4.69) is 5.32 Å². The molecule has 1 unspecified atom stereocenters. The van der Waals surface area contributed by atoms with Gasteiger partial charge in [0.25, 0.3) is 15.9 Å². The first kappa shape index (κ1) is 19.5. The van der Waals surface area contributed by atoms with Gasteiger partial charge < -0.3 is 11.1 Å². The molecule has 144 valence electrons. The Bertz CT molecular complexity index is 968. The van der Waals surface area contributed by atoms with Crippen LogP contribution in [-0.2, 0) is 14.8 Å². The van der Waals surface area contributed by atoms with E-state index in [-0.39, 0.29) is 18.0 Å². The van der Waals surface area contributed by atoms with Gasteiger partial charge in [-0.05, 0) is 44.0 Å². The fourth-order valence-corrected chi connectivity index (χ4v) is 6.06. The van der Waals surface area contributed by atoms with Crippen LogP contribution in [0.25, 0.3) is 0 Å². The van der Waals surface area contributed by atoms with Crippen molar-refractivity contribution in [3.05, 3.63) is 46.8 Å². The van der Waals surface area contributed by atoms with Crippen molar-refractivity contribution in [1.29, 1.82) is 0 Å². The number of aryl methyl sites for hydroxylation is 1. The summed E-state index contributed by atoms with van der Waals surface area (Å²) < 4.78 is 27.3. The van der Waals surface area contributed by atoms with Gasteiger partial charge in [-0.2, -0.15) is 4.31 Å². The van der Waals surface area contributed by atoms with Crippen molar-refractivity contribution in [2.45, 2.75) is 24.0 Å². The molecule has 0 aliphatic carbocycles. The Hall–Kier alpha value is -2.23. The van der Waals surface area contributed by atoms with Crippen LogP contribution in [0.2, 0.25) is 0 Å². The lowest BCUT2D eigenvalue weighted by Gasteiger charge is -2.30. The van der Waals surface area contributed by atoms with E-state index < -0.39 is 21.8 Å². The van der Waals surface area contributed by atoms with Gasteiger partial charge in [-0.1, -0.05) is 12.1 Å². The molecule has 9 heteroatoms. The molecule has 1 aromatic carbocycles. The van der Waals surface area contributed by atoms with E-state index >= 15 is 0 Å². The Kier molecular flexibility index (Phi) is 5.64. The molecule has 1 aliphatic rings. The molecule has 2 heterocycles. The van der Waals surface area contributed by atoms with E-state index in [0.717, 1.165) is 4.88 Å². The lowest BCUT2D eigenvalue weighted by molar-refractivity contribution is -0.120. The highest BCUT2D eigenvalue weighted by molar-refractivity contribution is 7.91. The predicted octanol–water partition coefficient (Wildman–Crippen LogP) is 2.19. The standard InChI is InChI=1S/C18H21N3O4S2/c1-12-8-9-16(26-12)27(24,25)21-10-4-5-13(11-21)18(23)20-15-7-3-2-6-14(15)17(19)22/h2-3,6-9,13H,4-5,10-11H2,1H3,(H2,19,22)(H,20,23). The lowest BCUT2D eigenvalue weighted by Crippen LogP contribution is -2.43. The minimum atomic E-state index is -3.60.